The normalized spacial score (nSPS) is 13.1. The van der Waals surface area contributed by atoms with Crippen LogP contribution in [0.3, 0.4) is 0 Å². The van der Waals surface area contributed by atoms with E-state index in [0.29, 0.717) is 5.76 Å². The first kappa shape index (κ1) is 13.1. The van der Waals surface area contributed by atoms with E-state index in [1.807, 2.05) is 12.1 Å². The lowest BCUT2D eigenvalue weighted by atomic mass is 10.0. The third kappa shape index (κ3) is 2.39. The van der Waals surface area contributed by atoms with Crippen LogP contribution in [0.4, 0.5) is 0 Å². The first-order chi connectivity index (χ1) is 10.8. The van der Waals surface area contributed by atoms with E-state index in [2.05, 4.69) is 24.3 Å². The van der Waals surface area contributed by atoms with Crippen LogP contribution in [0.5, 0.6) is 5.75 Å². The quantitative estimate of drug-likeness (QED) is 0.683. The summed E-state index contributed by atoms with van der Waals surface area (Å²) in [5.74, 6) is 1.41. The molecule has 0 spiro atoms. The summed E-state index contributed by atoms with van der Waals surface area (Å²) in [5.41, 5.74) is 4.64. The van der Waals surface area contributed by atoms with Crippen LogP contribution in [0.25, 0.3) is 11.0 Å². The van der Waals surface area contributed by atoms with Gasteiger partial charge in [-0.3, -0.25) is 4.79 Å². The Morgan fingerprint density at radius 1 is 1.00 bits per heavy atom. The number of rotatable bonds is 4. The molecule has 3 heteroatoms. The Labute approximate surface area is 128 Å². The smallest absolute Gasteiger partial charge is 0.185 e. The lowest BCUT2D eigenvalue weighted by Gasteiger charge is -2.05. The zero-order valence-corrected chi connectivity index (χ0v) is 12.2. The Balaban J connectivity index is 1.52. The predicted octanol–water partition coefficient (Wildman–Crippen LogP) is 3.97. The SMILES string of the molecule is O=Cc1cc2ccc(CCc3ccc4c(c3)CCO4)cc2o1. The van der Waals surface area contributed by atoms with Crippen LogP contribution in [-0.2, 0) is 19.3 Å². The lowest BCUT2D eigenvalue weighted by molar-refractivity contribution is 0.110. The van der Waals surface area contributed by atoms with Crippen molar-refractivity contribution in [2.24, 2.45) is 0 Å². The molecule has 4 rings (SSSR count). The van der Waals surface area contributed by atoms with Crippen molar-refractivity contribution in [3.05, 3.63) is 64.9 Å². The standard InChI is InChI=1S/C19H16O3/c20-12-17-11-15-5-3-14(10-19(15)22-17)2-1-13-4-6-18-16(9-13)7-8-21-18/h3-6,9-12H,1-2,7-8H2. The van der Waals surface area contributed by atoms with Crippen molar-refractivity contribution in [1.29, 1.82) is 0 Å². The number of hydrogen-bond acceptors (Lipinski definition) is 3. The first-order valence-electron chi connectivity index (χ1n) is 7.54. The van der Waals surface area contributed by atoms with Crippen LogP contribution >= 0.6 is 0 Å². The largest absolute Gasteiger partial charge is 0.493 e. The highest BCUT2D eigenvalue weighted by Crippen LogP contribution is 2.26. The molecule has 110 valence electrons. The Bertz CT molecular complexity index is 845. The minimum Gasteiger partial charge on any atom is -0.493 e. The molecular formula is C19H16O3. The van der Waals surface area contributed by atoms with Crippen molar-refractivity contribution in [1.82, 2.24) is 0 Å². The predicted molar refractivity (Wildman–Crippen MR) is 84.7 cm³/mol. The summed E-state index contributed by atoms with van der Waals surface area (Å²) in [6, 6.07) is 14.4. The van der Waals surface area contributed by atoms with E-state index in [1.54, 1.807) is 6.07 Å². The Morgan fingerprint density at radius 2 is 1.82 bits per heavy atom. The van der Waals surface area contributed by atoms with Crippen LogP contribution in [0, 0.1) is 0 Å². The number of hydrogen-bond donors (Lipinski definition) is 0. The molecule has 0 unspecified atom stereocenters. The highest BCUT2D eigenvalue weighted by molar-refractivity contribution is 5.85. The summed E-state index contributed by atoms with van der Waals surface area (Å²) >= 11 is 0. The van der Waals surface area contributed by atoms with E-state index >= 15 is 0 Å². The third-order valence-electron chi connectivity index (χ3n) is 4.18. The van der Waals surface area contributed by atoms with E-state index < -0.39 is 0 Å². The Hall–Kier alpha value is -2.55. The average molecular weight is 292 g/mol. The summed E-state index contributed by atoms with van der Waals surface area (Å²) in [5, 5.41) is 0.973. The second-order valence-corrected chi connectivity index (χ2v) is 5.68. The van der Waals surface area contributed by atoms with Crippen molar-refractivity contribution in [3.63, 3.8) is 0 Å². The van der Waals surface area contributed by atoms with E-state index in [9.17, 15) is 4.79 Å². The molecule has 0 radical (unpaired) electrons. The molecule has 1 aromatic heterocycles. The minimum atomic E-state index is 0.380. The van der Waals surface area contributed by atoms with Gasteiger partial charge < -0.3 is 9.15 Å². The molecule has 1 aliphatic heterocycles. The van der Waals surface area contributed by atoms with Gasteiger partial charge in [-0.2, -0.15) is 0 Å². The van der Waals surface area contributed by atoms with Crippen LogP contribution in [0.15, 0.2) is 46.9 Å². The van der Waals surface area contributed by atoms with Crippen molar-refractivity contribution in [3.8, 4) is 5.75 Å². The molecule has 0 atom stereocenters. The molecule has 0 saturated carbocycles. The molecule has 22 heavy (non-hydrogen) atoms. The topological polar surface area (TPSA) is 39.4 Å². The van der Waals surface area contributed by atoms with Gasteiger partial charge in [-0.05, 0) is 47.7 Å². The number of ether oxygens (including phenoxy) is 1. The molecule has 2 aromatic carbocycles. The molecule has 1 aliphatic rings. The van der Waals surface area contributed by atoms with E-state index in [-0.39, 0.29) is 0 Å². The Kier molecular flexibility index (Phi) is 3.19. The highest BCUT2D eigenvalue weighted by Gasteiger charge is 2.12. The zero-order chi connectivity index (χ0) is 14.9. The molecular weight excluding hydrogens is 276 g/mol. The van der Waals surface area contributed by atoms with Gasteiger partial charge in [-0.1, -0.05) is 24.3 Å². The minimum absolute atomic E-state index is 0.380. The second kappa shape index (κ2) is 5.34. The third-order valence-corrected chi connectivity index (χ3v) is 4.18. The summed E-state index contributed by atoms with van der Waals surface area (Å²) in [4.78, 5) is 10.8. The fraction of sp³-hybridized carbons (Fsp3) is 0.211. The molecule has 0 aliphatic carbocycles. The lowest BCUT2D eigenvalue weighted by Crippen LogP contribution is -1.92. The van der Waals surface area contributed by atoms with Crippen molar-refractivity contribution in [2.75, 3.05) is 6.61 Å². The van der Waals surface area contributed by atoms with Gasteiger partial charge >= 0.3 is 0 Å². The number of aldehydes is 1. The molecule has 0 fully saturated rings. The van der Waals surface area contributed by atoms with Crippen LogP contribution in [-0.4, -0.2) is 12.9 Å². The van der Waals surface area contributed by atoms with Gasteiger partial charge in [-0.25, -0.2) is 0 Å². The average Bonchev–Trinajstić information content (AvgIpc) is 3.17. The van der Waals surface area contributed by atoms with E-state index in [4.69, 9.17) is 9.15 Å². The number of furan rings is 1. The fourth-order valence-corrected chi connectivity index (χ4v) is 2.99. The highest BCUT2D eigenvalue weighted by atomic mass is 16.5. The number of benzene rings is 2. The molecule has 0 N–H and O–H groups in total. The summed E-state index contributed by atoms with van der Waals surface area (Å²) in [6.07, 6.45) is 3.69. The second-order valence-electron chi connectivity index (χ2n) is 5.68. The van der Waals surface area contributed by atoms with Gasteiger partial charge in [0.2, 0.25) is 0 Å². The molecule has 3 aromatic rings. The molecule has 3 nitrogen and oxygen atoms in total. The fourth-order valence-electron chi connectivity index (χ4n) is 2.99. The van der Waals surface area contributed by atoms with Crippen LogP contribution in [0.1, 0.15) is 27.2 Å². The van der Waals surface area contributed by atoms with Crippen molar-refractivity contribution in [2.45, 2.75) is 19.3 Å². The van der Waals surface area contributed by atoms with Gasteiger partial charge in [0.1, 0.15) is 11.3 Å². The number of carbonyl (C=O) groups excluding carboxylic acids is 1. The molecule has 0 bridgehead atoms. The zero-order valence-electron chi connectivity index (χ0n) is 12.2. The number of fused-ring (bicyclic) bond motifs is 2. The van der Waals surface area contributed by atoms with Crippen LogP contribution < -0.4 is 4.74 Å². The first-order valence-corrected chi connectivity index (χ1v) is 7.54. The Morgan fingerprint density at radius 3 is 2.68 bits per heavy atom. The summed E-state index contributed by atoms with van der Waals surface area (Å²) < 4.78 is 11.0. The maximum Gasteiger partial charge on any atom is 0.185 e. The molecule has 2 heterocycles. The maximum atomic E-state index is 10.8. The van der Waals surface area contributed by atoms with Gasteiger partial charge in [0.05, 0.1) is 6.61 Å². The van der Waals surface area contributed by atoms with E-state index in [1.165, 1.54) is 16.7 Å². The summed E-state index contributed by atoms with van der Waals surface area (Å²) in [6.45, 7) is 0.799. The number of carbonyl (C=O) groups is 1. The van der Waals surface area contributed by atoms with Gasteiger partial charge in [0, 0.05) is 11.8 Å². The van der Waals surface area contributed by atoms with Crippen LogP contribution in [0.2, 0.25) is 0 Å². The van der Waals surface area contributed by atoms with Gasteiger partial charge in [0.15, 0.2) is 12.0 Å². The van der Waals surface area contributed by atoms with Gasteiger partial charge in [-0.15, -0.1) is 0 Å². The molecule has 0 amide bonds. The van der Waals surface area contributed by atoms with E-state index in [0.717, 1.165) is 48.9 Å². The van der Waals surface area contributed by atoms with Gasteiger partial charge in [0.25, 0.3) is 0 Å². The maximum absolute atomic E-state index is 10.8. The molecule has 0 saturated heterocycles. The van der Waals surface area contributed by atoms with Crippen molar-refractivity contribution < 1.29 is 13.9 Å². The number of aryl methyl sites for hydroxylation is 2. The monoisotopic (exact) mass is 292 g/mol. The van der Waals surface area contributed by atoms with Crippen molar-refractivity contribution >= 4 is 17.3 Å². The summed E-state index contributed by atoms with van der Waals surface area (Å²) in [7, 11) is 0.